The van der Waals surface area contributed by atoms with E-state index >= 15 is 0 Å². The fraction of sp³-hybridized carbons (Fsp3) is 0.250. The summed E-state index contributed by atoms with van der Waals surface area (Å²) in [5.41, 5.74) is 2.08. The van der Waals surface area contributed by atoms with Gasteiger partial charge in [-0.2, -0.15) is 0 Å². The molecule has 0 unspecified atom stereocenters. The van der Waals surface area contributed by atoms with E-state index in [1.54, 1.807) is 0 Å². The highest BCUT2D eigenvalue weighted by Gasteiger charge is 2.15. The van der Waals surface area contributed by atoms with Crippen molar-refractivity contribution < 1.29 is 9.53 Å². The molecule has 0 saturated carbocycles. The Morgan fingerprint density at radius 3 is 2.81 bits per heavy atom. The molecular weight excluding hydrogens is 270 g/mol. The Balaban J connectivity index is 2.59. The summed E-state index contributed by atoms with van der Waals surface area (Å²) in [5, 5.41) is 1.09. The van der Waals surface area contributed by atoms with Gasteiger partial charge >= 0.3 is 5.97 Å². The summed E-state index contributed by atoms with van der Waals surface area (Å²) >= 11 is 3.51. The molecule has 4 heteroatoms. The number of ether oxygens (including phenoxy) is 1. The summed E-state index contributed by atoms with van der Waals surface area (Å²) in [6.45, 7) is 0. The Kier molecular flexibility index (Phi) is 3.01. The molecule has 0 radical (unpaired) electrons. The van der Waals surface area contributed by atoms with Crippen LogP contribution < -0.4 is 0 Å². The maximum Gasteiger partial charge on any atom is 0.310 e. The van der Waals surface area contributed by atoms with Crippen LogP contribution >= 0.6 is 15.9 Å². The number of hydrogen-bond donors (Lipinski definition) is 0. The highest BCUT2D eigenvalue weighted by atomic mass is 79.9. The molecule has 2 aromatic rings. The zero-order valence-corrected chi connectivity index (χ0v) is 10.7. The van der Waals surface area contributed by atoms with Crippen molar-refractivity contribution in [3.8, 4) is 0 Å². The normalized spacial score (nSPS) is 10.7. The van der Waals surface area contributed by atoms with Crippen LogP contribution in [0.5, 0.6) is 0 Å². The van der Waals surface area contributed by atoms with Gasteiger partial charge in [0.25, 0.3) is 0 Å². The molecule has 84 valence electrons. The summed E-state index contributed by atoms with van der Waals surface area (Å²) in [6, 6.07) is 7.99. The number of esters is 1. The summed E-state index contributed by atoms with van der Waals surface area (Å²) in [4.78, 5) is 11.3. The fourth-order valence-corrected chi connectivity index (χ4v) is 2.37. The molecule has 2 rings (SSSR count). The molecule has 0 bridgehead atoms. The van der Waals surface area contributed by atoms with E-state index in [2.05, 4.69) is 15.9 Å². The molecule has 0 amide bonds. The maximum atomic E-state index is 11.3. The molecule has 16 heavy (non-hydrogen) atoms. The topological polar surface area (TPSA) is 31.2 Å². The first kappa shape index (κ1) is 11.2. The summed E-state index contributed by atoms with van der Waals surface area (Å²) in [5.74, 6) is -0.225. The number of para-hydroxylation sites is 1. The molecule has 3 nitrogen and oxygen atoms in total. The Labute approximate surface area is 102 Å². The van der Waals surface area contributed by atoms with Crippen molar-refractivity contribution in [1.29, 1.82) is 0 Å². The van der Waals surface area contributed by atoms with Gasteiger partial charge in [0.15, 0.2) is 0 Å². The van der Waals surface area contributed by atoms with Crippen molar-refractivity contribution in [2.45, 2.75) is 6.42 Å². The second kappa shape index (κ2) is 4.29. The third-order valence-corrected chi connectivity index (χ3v) is 3.69. The molecule has 0 saturated heterocycles. The van der Waals surface area contributed by atoms with E-state index in [4.69, 9.17) is 4.74 Å². The third kappa shape index (κ3) is 1.73. The smallest absolute Gasteiger partial charge is 0.310 e. The number of aromatic nitrogens is 1. The molecule has 0 aliphatic heterocycles. The number of methoxy groups -OCH3 is 1. The van der Waals surface area contributed by atoms with E-state index in [-0.39, 0.29) is 5.97 Å². The Bertz CT molecular complexity index is 545. The van der Waals surface area contributed by atoms with E-state index in [0.717, 1.165) is 21.1 Å². The zero-order chi connectivity index (χ0) is 11.7. The molecule has 1 aromatic heterocycles. The number of fused-ring (bicyclic) bond motifs is 1. The van der Waals surface area contributed by atoms with Crippen LogP contribution in [0.3, 0.4) is 0 Å². The Hall–Kier alpha value is -1.29. The molecule has 1 aromatic carbocycles. The average molecular weight is 282 g/mol. The van der Waals surface area contributed by atoms with Crippen LogP contribution in [0.1, 0.15) is 5.56 Å². The highest BCUT2D eigenvalue weighted by molar-refractivity contribution is 9.10. The number of hydrogen-bond acceptors (Lipinski definition) is 2. The van der Waals surface area contributed by atoms with Gasteiger partial charge in [-0.1, -0.05) is 18.2 Å². The van der Waals surface area contributed by atoms with E-state index in [1.807, 2.05) is 35.9 Å². The van der Waals surface area contributed by atoms with Crippen molar-refractivity contribution in [2.24, 2.45) is 7.05 Å². The van der Waals surface area contributed by atoms with Gasteiger partial charge in [0, 0.05) is 23.5 Å². The number of rotatable bonds is 2. The number of nitrogens with zero attached hydrogens (tertiary/aromatic N) is 1. The van der Waals surface area contributed by atoms with Gasteiger partial charge in [0.05, 0.1) is 18.1 Å². The fourth-order valence-electron chi connectivity index (χ4n) is 1.83. The van der Waals surface area contributed by atoms with Crippen LogP contribution in [0.15, 0.2) is 28.9 Å². The lowest BCUT2D eigenvalue weighted by molar-refractivity contribution is -0.139. The first-order valence-corrected chi connectivity index (χ1v) is 5.73. The molecule has 0 aliphatic carbocycles. The quantitative estimate of drug-likeness (QED) is 0.793. The number of benzene rings is 1. The summed E-state index contributed by atoms with van der Waals surface area (Å²) < 4.78 is 7.65. The van der Waals surface area contributed by atoms with E-state index < -0.39 is 0 Å². The lowest BCUT2D eigenvalue weighted by Gasteiger charge is -1.99. The van der Waals surface area contributed by atoms with Crippen molar-refractivity contribution in [1.82, 2.24) is 4.57 Å². The van der Waals surface area contributed by atoms with E-state index in [0.29, 0.717) is 6.42 Å². The van der Waals surface area contributed by atoms with Crippen molar-refractivity contribution in [2.75, 3.05) is 7.11 Å². The van der Waals surface area contributed by atoms with Gasteiger partial charge in [0.2, 0.25) is 0 Å². The predicted molar refractivity (Wildman–Crippen MR) is 66.3 cm³/mol. The Morgan fingerprint density at radius 2 is 2.12 bits per heavy atom. The van der Waals surface area contributed by atoms with Crippen LogP contribution in [0.4, 0.5) is 0 Å². The predicted octanol–water partition coefficient (Wildman–Crippen LogP) is 2.66. The molecule has 0 N–H and O–H groups in total. The summed E-state index contributed by atoms with van der Waals surface area (Å²) in [7, 11) is 3.37. The van der Waals surface area contributed by atoms with Crippen molar-refractivity contribution in [3.05, 3.63) is 34.4 Å². The van der Waals surface area contributed by atoms with Crippen LogP contribution in [-0.2, 0) is 23.0 Å². The van der Waals surface area contributed by atoms with Gasteiger partial charge in [-0.3, -0.25) is 4.79 Å². The third-order valence-electron chi connectivity index (χ3n) is 2.68. The minimum atomic E-state index is -0.225. The molecule has 0 fully saturated rings. The SMILES string of the molecule is COC(=O)Cc1c(Br)n(C)c2ccccc12. The number of halogens is 1. The van der Waals surface area contributed by atoms with Crippen LogP contribution in [-0.4, -0.2) is 17.6 Å². The number of carbonyl (C=O) groups excluding carboxylic acids is 1. The van der Waals surface area contributed by atoms with Gasteiger partial charge in [0.1, 0.15) is 0 Å². The average Bonchev–Trinajstić information content (AvgIpc) is 2.55. The Morgan fingerprint density at radius 1 is 1.44 bits per heavy atom. The second-order valence-corrected chi connectivity index (χ2v) is 4.35. The molecule has 0 spiro atoms. The largest absolute Gasteiger partial charge is 0.469 e. The molecule has 1 heterocycles. The summed E-state index contributed by atoms with van der Waals surface area (Å²) in [6.07, 6.45) is 0.290. The highest BCUT2D eigenvalue weighted by Crippen LogP contribution is 2.29. The minimum Gasteiger partial charge on any atom is -0.469 e. The van der Waals surface area contributed by atoms with E-state index in [9.17, 15) is 4.79 Å². The van der Waals surface area contributed by atoms with Gasteiger partial charge in [-0.05, 0) is 22.0 Å². The second-order valence-electron chi connectivity index (χ2n) is 3.60. The number of carbonyl (C=O) groups is 1. The lowest BCUT2D eigenvalue weighted by Crippen LogP contribution is -2.04. The van der Waals surface area contributed by atoms with Crippen LogP contribution in [0.2, 0.25) is 0 Å². The lowest BCUT2D eigenvalue weighted by atomic mass is 10.1. The van der Waals surface area contributed by atoms with Crippen LogP contribution in [0, 0.1) is 0 Å². The monoisotopic (exact) mass is 281 g/mol. The van der Waals surface area contributed by atoms with Gasteiger partial charge in [-0.25, -0.2) is 0 Å². The van der Waals surface area contributed by atoms with Gasteiger partial charge < -0.3 is 9.30 Å². The molecular formula is C12H12BrNO2. The minimum absolute atomic E-state index is 0.225. The first-order chi connectivity index (χ1) is 7.65. The van der Waals surface area contributed by atoms with Crippen molar-refractivity contribution >= 4 is 32.8 Å². The number of aryl methyl sites for hydroxylation is 1. The standard InChI is InChI=1S/C12H12BrNO2/c1-14-10-6-4-3-5-8(10)9(12(14)13)7-11(15)16-2/h3-6H,7H2,1-2H3. The van der Waals surface area contributed by atoms with Crippen LogP contribution in [0.25, 0.3) is 10.9 Å². The molecule has 0 atom stereocenters. The first-order valence-electron chi connectivity index (χ1n) is 4.93. The van der Waals surface area contributed by atoms with E-state index in [1.165, 1.54) is 7.11 Å². The maximum absolute atomic E-state index is 11.3. The molecule has 0 aliphatic rings. The zero-order valence-electron chi connectivity index (χ0n) is 9.16. The van der Waals surface area contributed by atoms with Crippen molar-refractivity contribution in [3.63, 3.8) is 0 Å². The van der Waals surface area contributed by atoms with Gasteiger partial charge in [-0.15, -0.1) is 0 Å².